The van der Waals surface area contributed by atoms with Crippen molar-refractivity contribution >= 4 is 11.8 Å². The van der Waals surface area contributed by atoms with Gasteiger partial charge in [0.05, 0.1) is 5.54 Å². The van der Waals surface area contributed by atoms with Gasteiger partial charge in [-0.05, 0) is 52.7 Å². The Balaban J connectivity index is 2.15. The minimum absolute atomic E-state index is 0.0125. The summed E-state index contributed by atoms with van der Waals surface area (Å²) in [5.41, 5.74) is 3.93. The molecule has 0 unspecified atom stereocenters. The van der Waals surface area contributed by atoms with Gasteiger partial charge in [0, 0.05) is 11.5 Å². The molecule has 1 aromatic rings. The third kappa shape index (κ3) is 3.38. The summed E-state index contributed by atoms with van der Waals surface area (Å²) in [6.07, 6.45) is 1.84. The van der Waals surface area contributed by atoms with E-state index in [4.69, 9.17) is 0 Å². The van der Waals surface area contributed by atoms with Gasteiger partial charge < -0.3 is 0 Å². The van der Waals surface area contributed by atoms with Crippen molar-refractivity contribution in [3.63, 3.8) is 0 Å². The molecular weight excluding hydrogens is 252 g/mol. The zero-order chi connectivity index (χ0) is 14.9. The van der Waals surface area contributed by atoms with E-state index in [1.807, 2.05) is 45.9 Å². The van der Waals surface area contributed by atoms with Crippen LogP contribution in [0.1, 0.15) is 49.5 Å². The van der Waals surface area contributed by atoms with Crippen LogP contribution in [0.5, 0.6) is 0 Å². The molecule has 20 heavy (non-hydrogen) atoms. The van der Waals surface area contributed by atoms with E-state index in [1.165, 1.54) is 5.01 Å². The van der Waals surface area contributed by atoms with E-state index in [2.05, 4.69) is 5.43 Å². The number of nitrogens with one attached hydrogen (secondary N) is 1. The lowest BCUT2D eigenvalue weighted by molar-refractivity contribution is -0.140. The monoisotopic (exact) mass is 274 g/mol. The van der Waals surface area contributed by atoms with Crippen LogP contribution in [0.15, 0.2) is 24.3 Å². The number of hydrazine groups is 1. The van der Waals surface area contributed by atoms with E-state index in [0.717, 1.165) is 18.4 Å². The Morgan fingerprint density at radius 3 is 2.40 bits per heavy atom. The van der Waals surface area contributed by atoms with Crippen LogP contribution >= 0.6 is 0 Å². The summed E-state index contributed by atoms with van der Waals surface area (Å²) in [7, 11) is 0. The van der Waals surface area contributed by atoms with Gasteiger partial charge in [-0.3, -0.25) is 15.0 Å². The third-order valence-electron chi connectivity index (χ3n) is 3.31. The first-order valence-electron chi connectivity index (χ1n) is 7.01. The van der Waals surface area contributed by atoms with E-state index >= 15 is 0 Å². The highest BCUT2D eigenvalue weighted by atomic mass is 16.2. The lowest BCUT2D eigenvalue weighted by atomic mass is 10.1. The first-order chi connectivity index (χ1) is 9.29. The molecule has 2 amide bonds. The molecule has 0 aliphatic heterocycles. The van der Waals surface area contributed by atoms with Gasteiger partial charge in [0.1, 0.15) is 0 Å². The summed E-state index contributed by atoms with van der Waals surface area (Å²) in [5, 5.41) is 1.48. The Hall–Kier alpha value is -1.84. The second-order valence-corrected chi connectivity index (χ2v) is 6.43. The predicted molar refractivity (Wildman–Crippen MR) is 78.0 cm³/mol. The molecule has 1 fully saturated rings. The van der Waals surface area contributed by atoms with Gasteiger partial charge in [-0.25, -0.2) is 5.01 Å². The van der Waals surface area contributed by atoms with Crippen LogP contribution in [0.2, 0.25) is 0 Å². The fourth-order valence-corrected chi connectivity index (χ4v) is 2.02. The molecule has 0 aromatic heterocycles. The van der Waals surface area contributed by atoms with Crippen molar-refractivity contribution in [2.45, 2.75) is 46.1 Å². The first-order valence-corrected chi connectivity index (χ1v) is 7.01. The van der Waals surface area contributed by atoms with E-state index in [0.29, 0.717) is 5.56 Å². The Morgan fingerprint density at radius 2 is 1.90 bits per heavy atom. The molecule has 2 rings (SSSR count). The van der Waals surface area contributed by atoms with Gasteiger partial charge in [0.15, 0.2) is 0 Å². The van der Waals surface area contributed by atoms with Crippen LogP contribution in [-0.2, 0) is 4.79 Å². The average molecular weight is 274 g/mol. The van der Waals surface area contributed by atoms with Gasteiger partial charge in [0.2, 0.25) is 5.91 Å². The Bertz CT molecular complexity index is 528. The maximum Gasteiger partial charge on any atom is 0.269 e. The van der Waals surface area contributed by atoms with Crippen molar-refractivity contribution in [3.8, 4) is 0 Å². The number of amides is 2. The minimum atomic E-state index is -0.431. The molecule has 4 nitrogen and oxygen atoms in total. The second-order valence-electron chi connectivity index (χ2n) is 6.43. The fourth-order valence-electron chi connectivity index (χ4n) is 2.02. The number of nitrogens with zero attached hydrogens (tertiary/aromatic N) is 1. The van der Waals surface area contributed by atoms with Crippen LogP contribution in [-0.4, -0.2) is 22.4 Å². The first kappa shape index (κ1) is 14.6. The number of aryl methyl sites for hydroxylation is 1. The Labute approximate surface area is 120 Å². The molecule has 1 aromatic carbocycles. The molecule has 1 aliphatic carbocycles. The van der Waals surface area contributed by atoms with Crippen LogP contribution in [0.4, 0.5) is 0 Å². The fraction of sp³-hybridized carbons (Fsp3) is 0.500. The number of carbonyl (C=O) groups is 2. The van der Waals surface area contributed by atoms with Crippen molar-refractivity contribution < 1.29 is 9.59 Å². The number of carbonyl (C=O) groups excluding carboxylic acids is 2. The molecule has 0 spiro atoms. The molecule has 4 heteroatoms. The Kier molecular flexibility index (Phi) is 3.84. The van der Waals surface area contributed by atoms with Gasteiger partial charge in [-0.2, -0.15) is 0 Å². The normalized spacial score (nSPS) is 14.8. The number of hydrogen-bond acceptors (Lipinski definition) is 2. The number of rotatable bonds is 2. The summed E-state index contributed by atoms with van der Waals surface area (Å²) >= 11 is 0. The SMILES string of the molecule is Cc1cccc(C(=O)NN(C(=O)C2CC2)C(C)(C)C)c1. The number of hydrogen-bond donors (Lipinski definition) is 1. The highest BCUT2D eigenvalue weighted by molar-refractivity contribution is 5.96. The lowest BCUT2D eigenvalue weighted by Crippen LogP contribution is -2.56. The van der Waals surface area contributed by atoms with Crippen molar-refractivity contribution in [2.75, 3.05) is 0 Å². The summed E-state index contributed by atoms with van der Waals surface area (Å²) in [4.78, 5) is 24.6. The third-order valence-corrected chi connectivity index (χ3v) is 3.31. The van der Waals surface area contributed by atoms with Crippen LogP contribution in [0.25, 0.3) is 0 Å². The average Bonchev–Trinajstić information content (AvgIpc) is 3.17. The largest absolute Gasteiger partial charge is 0.273 e. The standard InChI is InChI=1S/C16H22N2O2/c1-11-6-5-7-13(10-11)14(19)17-18(16(2,3)4)15(20)12-8-9-12/h5-7,10,12H,8-9H2,1-4H3,(H,17,19). The second kappa shape index (κ2) is 5.27. The minimum Gasteiger partial charge on any atom is -0.273 e. The van der Waals surface area contributed by atoms with Crippen LogP contribution in [0.3, 0.4) is 0 Å². The highest BCUT2D eigenvalue weighted by Gasteiger charge is 2.38. The van der Waals surface area contributed by atoms with Crippen LogP contribution < -0.4 is 5.43 Å². The maximum absolute atomic E-state index is 12.3. The van der Waals surface area contributed by atoms with E-state index < -0.39 is 5.54 Å². The van der Waals surface area contributed by atoms with E-state index in [9.17, 15) is 9.59 Å². The highest BCUT2D eigenvalue weighted by Crippen LogP contribution is 2.32. The molecule has 1 aliphatic rings. The van der Waals surface area contributed by atoms with Gasteiger partial charge in [0.25, 0.3) is 5.91 Å². The summed E-state index contributed by atoms with van der Waals surface area (Å²) in [5.74, 6) is -0.150. The Morgan fingerprint density at radius 1 is 1.25 bits per heavy atom. The van der Waals surface area contributed by atoms with E-state index in [-0.39, 0.29) is 17.7 Å². The topological polar surface area (TPSA) is 49.4 Å². The zero-order valence-electron chi connectivity index (χ0n) is 12.6. The summed E-state index contributed by atoms with van der Waals surface area (Å²) in [6, 6.07) is 7.35. The molecule has 108 valence electrons. The number of benzene rings is 1. The molecule has 0 radical (unpaired) electrons. The van der Waals surface area contributed by atoms with Gasteiger partial charge >= 0.3 is 0 Å². The van der Waals surface area contributed by atoms with Gasteiger partial charge in [-0.1, -0.05) is 17.7 Å². The molecule has 0 heterocycles. The molecular formula is C16H22N2O2. The summed E-state index contributed by atoms with van der Waals surface area (Å²) < 4.78 is 0. The van der Waals surface area contributed by atoms with E-state index in [1.54, 1.807) is 6.07 Å². The lowest BCUT2D eigenvalue weighted by Gasteiger charge is -2.35. The van der Waals surface area contributed by atoms with Crippen molar-refractivity contribution in [1.29, 1.82) is 0 Å². The van der Waals surface area contributed by atoms with Gasteiger partial charge in [-0.15, -0.1) is 0 Å². The molecule has 0 bridgehead atoms. The van der Waals surface area contributed by atoms with Crippen molar-refractivity contribution in [2.24, 2.45) is 5.92 Å². The smallest absolute Gasteiger partial charge is 0.269 e. The molecule has 0 saturated heterocycles. The molecule has 1 saturated carbocycles. The predicted octanol–water partition coefficient (Wildman–Crippen LogP) is 2.68. The molecule has 1 N–H and O–H groups in total. The van der Waals surface area contributed by atoms with Crippen LogP contribution in [0, 0.1) is 12.8 Å². The maximum atomic E-state index is 12.3. The quantitative estimate of drug-likeness (QED) is 0.843. The zero-order valence-corrected chi connectivity index (χ0v) is 12.6. The molecule has 0 atom stereocenters. The van der Waals surface area contributed by atoms with Crippen molar-refractivity contribution in [1.82, 2.24) is 10.4 Å². The van der Waals surface area contributed by atoms with Crippen molar-refractivity contribution in [3.05, 3.63) is 35.4 Å². The summed E-state index contributed by atoms with van der Waals surface area (Å²) in [6.45, 7) is 7.70.